The highest BCUT2D eigenvalue weighted by Gasteiger charge is 2.35. The highest BCUT2D eigenvalue weighted by atomic mass is 32.1. The van der Waals surface area contributed by atoms with E-state index >= 15 is 0 Å². The number of benzene rings is 1. The fourth-order valence-electron chi connectivity index (χ4n) is 2.44. The molecular weight excluding hydrogens is 298 g/mol. The molecule has 1 aromatic carbocycles. The number of hydrogen-bond acceptors (Lipinski definition) is 5. The van der Waals surface area contributed by atoms with Gasteiger partial charge < -0.3 is 14.6 Å². The van der Waals surface area contributed by atoms with E-state index in [2.05, 4.69) is 17.9 Å². The van der Waals surface area contributed by atoms with Crippen molar-refractivity contribution in [2.24, 2.45) is 0 Å². The van der Waals surface area contributed by atoms with E-state index in [4.69, 9.17) is 4.42 Å². The predicted molar refractivity (Wildman–Crippen MR) is 84.9 cm³/mol. The Bertz CT molecular complexity index is 790. The Labute approximate surface area is 133 Å². The quantitative estimate of drug-likeness (QED) is 0.837. The van der Waals surface area contributed by atoms with Crippen molar-refractivity contribution in [2.45, 2.75) is 13.1 Å². The lowest BCUT2D eigenvalue weighted by atomic mass is 10.1. The number of anilines is 1. The Balaban J connectivity index is 2.19. The minimum Gasteiger partial charge on any atom is -0.465 e. The van der Waals surface area contributed by atoms with Gasteiger partial charge in [0.1, 0.15) is 17.4 Å². The first-order valence-electron chi connectivity index (χ1n) is 6.66. The summed E-state index contributed by atoms with van der Waals surface area (Å²) in [4.78, 5) is 13.9. The summed E-state index contributed by atoms with van der Waals surface area (Å²) in [6.07, 6.45) is 0.993. The van der Waals surface area contributed by atoms with Crippen LogP contribution in [0.5, 0.6) is 0 Å². The molecule has 1 amide bonds. The van der Waals surface area contributed by atoms with Crippen LogP contribution in [0.2, 0.25) is 0 Å². The second kappa shape index (κ2) is 5.62. The van der Waals surface area contributed by atoms with Crippen molar-refractivity contribution in [3.05, 3.63) is 64.6 Å². The minimum atomic E-state index is -0.548. The molecule has 3 rings (SSSR count). The average Bonchev–Trinajstić information content (AvgIpc) is 3.02. The lowest BCUT2D eigenvalue weighted by Gasteiger charge is -2.37. The van der Waals surface area contributed by atoms with E-state index in [0.29, 0.717) is 10.8 Å². The van der Waals surface area contributed by atoms with Gasteiger partial charge >= 0.3 is 0 Å². The molecule has 6 heteroatoms. The second-order valence-corrected chi connectivity index (χ2v) is 5.28. The number of carbonyl (C=O) groups excluding carboxylic acids is 1. The largest absolute Gasteiger partial charge is 0.465 e. The number of furan rings is 1. The molecule has 0 radical (unpaired) electrons. The number of hydrogen-bond donors (Lipinski definition) is 2. The number of nitriles is 1. The van der Waals surface area contributed by atoms with Crippen molar-refractivity contribution in [3.8, 4) is 6.07 Å². The van der Waals surface area contributed by atoms with Crippen LogP contribution in [0.3, 0.4) is 0 Å². The third kappa shape index (κ3) is 2.26. The fraction of sp³-hybridized carbons (Fsp3) is 0.125. The zero-order valence-electron chi connectivity index (χ0n) is 11.8. The minimum absolute atomic E-state index is 0.0191. The second-order valence-electron chi connectivity index (χ2n) is 4.86. The third-order valence-electron chi connectivity index (χ3n) is 3.50. The average molecular weight is 311 g/mol. The molecule has 1 aliphatic rings. The lowest BCUT2D eigenvalue weighted by Crippen LogP contribution is -2.46. The molecule has 1 aromatic heterocycles. The van der Waals surface area contributed by atoms with Crippen LogP contribution in [0.4, 0.5) is 5.69 Å². The number of thiol groups is 1. The number of nitrogens with zero attached hydrogens (tertiary/aromatic N) is 2. The molecule has 5 nitrogen and oxygen atoms in total. The normalized spacial score (nSPS) is 18.1. The Hall–Kier alpha value is -2.65. The Morgan fingerprint density at radius 3 is 2.73 bits per heavy atom. The third-order valence-corrected chi connectivity index (χ3v) is 3.94. The summed E-state index contributed by atoms with van der Waals surface area (Å²) in [6, 6.07) is 13.1. The number of para-hydroxylation sites is 1. The zero-order chi connectivity index (χ0) is 15.7. The molecular formula is C16H13N3O2S. The topological polar surface area (TPSA) is 69.3 Å². The number of aryl methyl sites for hydroxylation is 1. The summed E-state index contributed by atoms with van der Waals surface area (Å²) < 4.78 is 5.43. The van der Waals surface area contributed by atoms with Gasteiger partial charge in [-0.05, 0) is 30.7 Å². The Morgan fingerprint density at radius 2 is 2.09 bits per heavy atom. The smallest absolute Gasteiger partial charge is 0.266 e. The van der Waals surface area contributed by atoms with Crippen LogP contribution in [0.1, 0.15) is 17.5 Å². The van der Waals surface area contributed by atoms with Gasteiger partial charge in [-0.15, -0.1) is 12.6 Å². The van der Waals surface area contributed by atoms with Crippen LogP contribution in [-0.4, -0.2) is 5.91 Å². The van der Waals surface area contributed by atoms with Gasteiger partial charge in [0.05, 0.1) is 11.3 Å². The first-order chi connectivity index (χ1) is 10.6. The van der Waals surface area contributed by atoms with E-state index in [1.165, 1.54) is 0 Å². The van der Waals surface area contributed by atoms with E-state index in [9.17, 15) is 10.1 Å². The van der Waals surface area contributed by atoms with Gasteiger partial charge in [-0.1, -0.05) is 18.2 Å². The van der Waals surface area contributed by atoms with E-state index in [1.807, 2.05) is 37.3 Å². The zero-order valence-corrected chi connectivity index (χ0v) is 12.7. The van der Waals surface area contributed by atoms with Gasteiger partial charge in [0.2, 0.25) is 0 Å². The number of nitrogens with one attached hydrogen (secondary N) is 1. The van der Waals surface area contributed by atoms with Gasteiger partial charge in [0, 0.05) is 5.69 Å². The molecule has 0 saturated carbocycles. The maximum Gasteiger partial charge on any atom is 0.266 e. The summed E-state index contributed by atoms with van der Waals surface area (Å²) >= 11 is 4.42. The van der Waals surface area contributed by atoms with Gasteiger partial charge in [-0.2, -0.15) is 5.26 Å². The van der Waals surface area contributed by atoms with Gasteiger partial charge in [-0.3, -0.25) is 4.79 Å². The first-order valence-corrected chi connectivity index (χ1v) is 7.10. The molecule has 1 atom stereocenters. The van der Waals surface area contributed by atoms with Crippen LogP contribution in [0.15, 0.2) is 57.7 Å². The van der Waals surface area contributed by atoms with Crippen molar-refractivity contribution in [1.29, 1.82) is 5.26 Å². The summed E-state index contributed by atoms with van der Waals surface area (Å²) in [7, 11) is 0. The molecule has 1 N–H and O–H groups in total. The maximum absolute atomic E-state index is 12.1. The molecule has 0 aliphatic carbocycles. The van der Waals surface area contributed by atoms with Crippen molar-refractivity contribution in [3.63, 3.8) is 0 Å². The van der Waals surface area contributed by atoms with Crippen molar-refractivity contribution < 1.29 is 9.21 Å². The molecule has 0 saturated heterocycles. The summed E-state index contributed by atoms with van der Waals surface area (Å²) in [5, 5.41) is 12.3. The summed E-state index contributed by atoms with van der Waals surface area (Å²) in [6.45, 7) is 1.96. The SMILES string of the molecule is Cc1ccccc1N1C(S)=C(C#N)C(=O)N[C@H]1c1ccco1. The molecule has 1 aliphatic heterocycles. The standard InChI is InChI=1S/C16H13N3O2S/c1-10-5-2-3-6-12(10)19-14(13-7-4-8-21-13)18-15(20)11(9-17)16(19)22/h2-8,14,22H,1H3,(H,18,20)/t14-/m1/s1. The van der Waals surface area contributed by atoms with Gasteiger partial charge in [0.25, 0.3) is 5.91 Å². The van der Waals surface area contributed by atoms with E-state index in [-0.39, 0.29) is 5.57 Å². The summed E-state index contributed by atoms with van der Waals surface area (Å²) in [5.41, 5.74) is 1.83. The number of rotatable bonds is 2. The molecule has 2 heterocycles. The fourth-order valence-corrected chi connectivity index (χ4v) is 2.81. The monoisotopic (exact) mass is 311 g/mol. The molecule has 22 heavy (non-hydrogen) atoms. The number of amides is 1. The van der Waals surface area contributed by atoms with Crippen LogP contribution in [0.25, 0.3) is 0 Å². The van der Waals surface area contributed by atoms with Crippen LogP contribution in [0, 0.1) is 18.3 Å². The van der Waals surface area contributed by atoms with Crippen molar-refractivity contribution >= 4 is 24.2 Å². The van der Waals surface area contributed by atoms with E-state index in [1.54, 1.807) is 23.3 Å². The highest BCUT2D eigenvalue weighted by molar-refractivity contribution is 7.84. The maximum atomic E-state index is 12.1. The van der Waals surface area contributed by atoms with Crippen LogP contribution < -0.4 is 10.2 Å². The van der Waals surface area contributed by atoms with E-state index < -0.39 is 12.1 Å². The van der Waals surface area contributed by atoms with Crippen molar-refractivity contribution in [1.82, 2.24) is 5.32 Å². The molecule has 0 bridgehead atoms. The predicted octanol–water partition coefficient (Wildman–Crippen LogP) is 2.89. The Kier molecular flexibility index (Phi) is 3.65. The van der Waals surface area contributed by atoms with E-state index in [0.717, 1.165) is 11.3 Å². The first kappa shape index (κ1) is 14.3. The van der Waals surface area contributed by atoms with Crippen LogP contribution >= 0.6 is 12.6 Å². The number of carbonyl (C=O) groups is 1. The summed E-state index contributed by atoms with van der Waals surface area (Å²) in [5.74, 6) is 0.110. The van der Waals surface area contributed by atoms with Gasteiger partial charge in [0.15, 0.2) is 6.17 Å². The molecule has 0 spiro atoms. The molecule has 110 valence electrons. The Morgan fingerprint density at radius 1 is 1.32 bits per heavy atom. The van der Waals surface area contributed by atoms with Crippen LogP contribution in [-0.2, 0) is 4.79 Å². The van der Waals surface area contributed by atoms with Crippen molar-refractivity contribution in [2.75, 3.05) is 4.90 Å². The lowest BCUT2D eigenvalue weighted by molar-refractivity contribution is -0.118. The molecule has 0 fully saturated rings. The van der Waals surface area contributed by atoms with Gasteiger partial charge in [-0.25, -0.2) is 0 Å². The molecule has 0 unspecified atom stereocenters. The highest BCUT2D eigenvalue weighted by Crippen LogP contribution is 2.37. The molecule has 2 aromatic rings.